The lowest BCUT2D eigenvalue weighted by Gasteiger charge is -2.09. The Kier molecular flexibility index (Phi) is 5.16. The second-order valence-corrected chi connectivity index (χ2v) is 5.09. The van der Waals surface area contributed by atoms with Crippen LogP contribution in [0.25, 0.3) is 0 Å². The molecule has 0 spiro atoms. The van der Waals surface area contributed by atoms with Gasteiger partial charge in [-0.1, -0.05) is 18.2 Å². The summed E-state index contributed by atoms with van der Waals surface area (Å²) in [5, 5.41) is 0. The first kappa shape index (κ1) is 15.3. The highest BCUT2D eigenvalue weighted by Gasteiger charge is 2.07. The molecule has 0 saturated carbocycles. The summed E-state index contributed by atoms with van der Waals surface area (Å²) in [6.45, 7) is -0.193. The Bertz CT molecular complexity index is 649. The summed E-state index contributed by atoms with van der Waals surface area (Å²) in [5.41, 5.74) is 6.81. The van der Waals surface area contributed by atoms with Gasteiger partial charge < -0.3 is 15.2 Å². The van der Waals surface area contributed by atoms with Crippen LogP contribution in [0, 0.1) is 5.82 Å². The molecule has 0 aromatic heterocycles. The van der Waals surface area contributed by atoms with Crippen LogP contribution in [0.2, 0.25) is 0 Å². The minimum absolute atomic E-state index is 0.0470. The Balaban J connectivity index is 1.82. The molecule has 0 aliphatic heterocycles. The highest BCUT2D eigenvalue weighted by atomic mass is 79.9. The van der Waals surface area contributed by atoms with Crippen molar-refractivity contribution in [2.24, 2.45) is 0 Å². The summed E-state index contributed by atoms with van der Waals surface area (Å²) in [6.07, 6.45) is 0. The highest BCUT2D eigenvalue weighted by Crippen LogP contribution is 2.20. The summed E-state index contributed by atoms with van der Waals surface area (Å²) in [5.74, 6) is -0.467. The molecule has 2 aromatic carbocycles. The van der Waals surface area contributed by atoms with Crippen LogP contribution >= 0.6 is 15.9 Å². The Morgan fingerprint density at radius 1 is 1.24 bits per heavy atom. The molecule has 0 unspecified atom stereocenters. The van der Waals surface area contributed by atoms with Crippen LogP contribution in [-0.4, -0.2) is 12.6 Å². The zero-order valence-electron chi connectivity index (χ0n) is 11.0. The SMILES string of the molecule is Nc1ccccc1OCC(=O)OCc1ccc(F)c(Br)c1. The number of esters is 1. The number of benzene rings is 2. The lowest BCUT2D eigenvalue weighted by atomic mass is 10.2. The molecule has 6 heteroatoms. The number of hydrogen-bond donors (Lipinski definition) is 1. The summed E-state index contributed by atoms with van der Waals surface area (Å²) >= 11 is 3.07. The smallest absolute Gasteiger partial charge is 0.344 e. The molecule has 0 radical (unpaired) electrons. The van der Waals surface area contributed by atoms with E-state index in [4.69, 9.17) is 15.2 Å². The molecular formula is C15H13BrFNO3. The van der Waals surface area contributed by atoms with Crippen molar-refractivity contribution in [1.29, 1.82) is 0 Å². The largest absolute Gasteiger partial charge is 0.480 e. The Hall–Kier alpha value is -2.08. The standard InChI is InChI=1S/C15H13BrFNO3/c16-11-7-10(5-6-12(11)17)8-21-15(19)9-20-14-4-2-1-3-13(14)18/h1-7H,8-9,18H2. The van der Waals surface area contributed by atoms with Gasteiger partial charge in [-0.05, 0) is 45.8 Å². The Morgan fingerprint density at radius 3 is 2.71 bits per heavy atom. The van der Waals surface area contributed by atoms with Crippen molar-refractivity contribution in [2.45, 2.75) is 6.61 Å². The first-order chi connectivity index (χ1) is 10.1. The van der Waals surface area contributed by atoms with Gasteiger partial charge in [0.05, 0.1) is 10.2 Å². The molecule has 0 saturated heterocycles. The van der Waals surface area contributed by atoms with Crippen molar-refractivity contribution in [2.75, 3.05) is 12.3 Å². The lowest BCUT2D eigenvalue weighted by molar-refractivity contribution is -0.147. The Labute approximate surface area is 129 Å². The third-order valence-electron chi connectivity index (χ3n) is 2.65. The van der Waals surface area contributed by atoms with E-state index >= 15 is 0 Å². The molecule has 0 fully saturated rings. The van der Waals surface area contributed by atoms with Crippen molar-refractivity contribution in [3.05, 3.63) is 58.3 Å². The normalized spacial score (nSPS) is 10.2. The topological polar surface area (TPSA) is 61.5 Å². The second kappa shape index (κ2) is 7.08. The average molecular weight is 354 g/mol. The van der Waals surface area contributed by atoms with Crippen LogP contribution in [0.5, 0.6) is 5.75 Å². The van der Waals surface area contributed by atoms with Gasteiger partial charge in [-0.2, -0.15) is 0 Å². The van der Waals surface area contributed by atoms with Gasteiger partial charge in [-0.25, -0.2) is 9.18 Å². The van der Waals surface area contributed by atoms with Gasteiger partial charge in [0.25, 0.3) is 0 Å². The maximum absolute atomic E-state index is 13.1. The van der Waals surface area contributed by atoms with Crippen LogP contribution in [-0.2, 0) is 16.1 Å². The van der Waals surface area contributed by atoms with Crippen LogP contribution in [0.1, 0.15) is 5.56 Å². The quantitative estimate of drug-likeness (QED) is 0.661. The van der Waals surface area contributed by atoms with Crippen molar-refractivity contribution in [1.82, 2.24) is 0 Å². The van der Waals surface area contributed by atoms with Crippen molar-refractivity contribution in [3.8, 4) is 5.75 Å². The molecule has 0 bridgehead atoms. The minimum Gasteiger partial charge on any atom is -0.480 e. The van der Waals surface area contributed by atoms with E-state index in [1.54, 1.807) is 36.4 Å². The van der Waals surface area contributed by atoms with Crippen LogP contribution in [0.15, 0.2) is 46.9 Å². The van der Waals surface area contributed by atoms with Crippen molar-refractivity contribution < 1.29 is 18.7 Å². The zero-order chi connectivity index (χ0) is 15.2. The van der Waals surface area contributed by atoms with Crippen LogP contribution in [0.3, 0.4) is 0 Å². The molecule has 0 amide bonds. The predicted molar refractivity (Wildman–Crippen MR) is 80.2 cm³/mol. The van der Waals surface area contributed by atoms with E-state index in [2.05, 4.69) is 15.9 Å². The summed E-state index contributed by atoms with van der Waals surface area (Å²) in [4.78, 5) is 11.6. The zero-order valence-corrected chi connectivity index (χ0v) is 12.6. The number of nitrogen functional groups attached to an aromatic ring is 1. The van der Waals surface area contributed by atoms with Gasteiger partial charge in [0, 0.05) is 0 Å². The fraction of sp³-hybridized carbons (Fsp3) is 0.133. The number of nitrogens with two attached hydrogens (primary N) is 1. The second-order valence-electron chi connectivity index (χ2n) is 4.24. The first-order valence-corrected chi connectivity index (χ1v) is 6.92. The molecule has 0 atom stereocenters. The highest BCUT2D eigenvalue weighted by molar-refractivity contribution is 9.10. The van der Waals surface area contributed by atoms with Gasteiger partial charge >= 0.3 is 5.97 Å². The number of anilines is 1. The number of para-hydroxylation sites is 2. The number of carbonyl (C=O) groups is 1. The Morgan fingerprint density at radius 2 is 2.00 bits per heavy atom. The van der Waals surface area contributed by atoms with Gasteiger partial charge in [-0.15, -0.1) is 0 Å². The number of halogens is 2. The van der Waals surface area contributed by atoms with E-state index < -0.39 is 5.97 Å². The van der Waals surface area contributed by atoms with Crippen molar-refractivity contribution in [3.63, 3.8) is 0 Å². The third-order valence-corrected chi connectivity index (χ3v) is 3.26. The van der Waals surface area contributed by atoms with E-state index in [0.717, 1.165) is 0 Å². The van der Waals surface area contributed by atoms with E-state index in [0.29, 0.717) is 21.5 Å². The first-order valence-electron chi connectivity index (χ1n) is 6.13. The van der Waals surface area contributed by atoms with Gasteiger partial charge in [0.2, 0.25) is 0 Å². The third kappa shape index (κ3) is 4.46. The average Bonchev–Trinajstić information content (AvgIpc) is 2.47. The minimum atomic E-state index is -0.529. The lowest BCUT2D eigenvalue weighted by Crippen LogP contribution is -2.15. The summed E-state index contributed by atoms with van der Waals surface area (Å²) in [6, 6.07) is 11.3. The predicted octanol–water partition coefficient (Wildman–Crippen LogP) is 3.29. The molecule has 110 valence electrons. The fourth-order valence-electron chi connectivity index (χ4n) is 1.58. The maximum Gasteiger partial charge on any atom is 0.344 e. The van der Waals surface area contributed by atoms with E-state index in [1.807, 2.05) is 0 Å². The van der Waals surface area contributed by atoms with Gasteiger partial charge in [0.15, 0.2) is 6.61 Å². The van der Waals surface area contributed by atoms with Crippen molar-refractivity contribution >= 4 is 27.6 Å². The number of hydrogen-bond acceptors (Lipinski definition) is 4. The molecular weight excluding hydrogens is 341 g/mol. The molecule has 2 N–H and O–H groups in total. The molecule has 0 aliphatic carbocycles. The summed E-state index contributed by atoms with van der Waals surface area (Å²) in [7, 11) is 0. The molecule has 21 heavy (non-hydrogen) atoms. The maximum atomic E-state index is 13.1. The van der Waals surface area contributed by atoms with E-state index in [9.17, 15) is 9.18 Å². The fourth-order valence-corrected chi connectivity index (χ4v) is 2.01. The van der Waals surface area contributed by atoms with Crippen LogP contribution in [0.4, 0.5) is 10.1 Å². The number of rotatable bonds is 5. The van der Waals surface area contributed by atoms with Gasteiger partial charge in [0.1, 0.15) is 18.2 Å². The van der Waals surface area contributed by atoms with E-state index in [-0.39, 0.29) is 19.0 Å². The number of ether oxygens (including phenoxy) is 2. The molecule has 0 aliphatic rings. The van der Waals surface area contributed by atoms with Gasteiger partial charge in [-0.3, -0.25) is 0 Å². The molecule has 2 aromatic rings. The number of carbonyl (C=O) groups excluding carboxylic acids is 1. The van der Waals surface area contributed by atoms with Crippen LogP contribution < -0.4 is 10.5 Å². The monoisotopic (exact) mass is 353 g/mol. The molecule has 4 nitrogen and oxygen atoms in total. The summed E-state index contributed by atoms with van der Waals surface area (Å²) < 4.78 is 23.7. The molecule has 2 rings (SSSR count). The molecule has 0 heterocycles. The van der Waals surface area contributed by atoms with E-state index in [1.165, 1.54) is 6.07 Å².